The number of amides is 1. The minimum atomic E-state index is -0.825. The molecule has 1 unspecified atom stereocenters. The summed E-state index contributed by atoms with van der Waals surface area (Å²) in [5, 5.41) is 0. The van der Waals surface area contributed by atoms with Crippen LogP contribution in [0, 0.1) is 17.6 Å². The number of nitrogens with zero attached hydrogens (tertiary/aromatic N) is 1. The van der Waals surface area contributed by atoms with E-state index in [1.807, 2.05) is 0 Å². The lowest BCUT2D eigenvalue weighted by Gasteiger charge is -2.14. The van der Waals surface area contributed by atoms with Crippen LogP contribution in [0.4, 0.5) is 8.78 Å². The van der Waals surface area contributed by atoms with E-state index in [-0.39, 0.29) is 5.91 Å². The Balaban J connectivity index is 1.97. The Bertz CT molecular complexity index is 473. The zero-order chi connectivity index (χ0) is 13.1. The van der Waals surface area contributed by atoms with Gasteiger partial charge in [0.25, 0.3) is 0 Å². The second-order valence-electron chi connectivity index (χ2n) is 4.60. The summed E-state index contributed by atoms with van der Waals surface area (Å²) in [7, 11) is 0. The van der Waals surface area contributed by atoms with Crippen molar-refractivity contribution >= 4 is 5.91 Å². The van der Waals surface area contributed by atoms with Gasteiger partial charge in [0.2, 0.25) is 5.91 Å². The van der Waals surface area contributed by atoms with Crippen LogP contribution in [0.2, 0.25) is 0 Å². The number of hydrogen-bond acceptors (Lipinski definition) is 1. The van der Waals surface area contributed by atoms with Crippen LogP contribution in [-0.4, -0.2) is 23.9 Å². The first-order valence-electron chi connectivity index (χ1n) is 5.95. The van der Waals surface area contributed by atoms with Crippen molar-refractivity contribution in [3.8, 4) is 0 Å². The number of rotatable bonds is 3. The van der Waals surface area contributed by atoms with E-state index >= 15 is 0 Å². The lowest BCUT2D eigenvalue weighted by atomic mass is 9.98. The number of likely N-dealkylation sites (tertiary alicyclic amines) is 1. The molecule has 1 aliphatic heterocycles. The first-order valence-corrected chi connectivity index (χ1v) is 5.95. The van der Waals surface area contributed by atoms with Gasteiger partial charge in [0.1, 0.15) is 0 Å². The lowest BCUT2D eigenvalue weighted by molar-refractivity contribution is -0.125. The van der Waals surface area contributed by atoms with Crippen molar-refractivity contribution in [3.05, 3.63) is 48.1 Å². The van der Waals surface area contributed by atoms with E-state index in [0.717, 1.165) is 18.1 Å². The molecule has 0 spiro atoms. The summed E-state index contributed by atoms with van der Waals surface area (Å²) in [6.07, 6.45) is 2.86. The molecule has 0 aromatic heterocycles. The molecule has 0 saturated carbocycles. The molecule has 4 heteroatoms. The third-order valence-corrected chi connectivity index (χ3v) is 3.28. The fraction of sp³-hybridized carbons (Fsp3) is 0.357. The van der Waals surface area contributed by atoms with Crippen molar-refractivity contribution < 1.29 is 13.6 Å². The van der Waals surface area contributed by atoms with Gasteiger partial charge in [-0.2, -0.15) is 0 Å². The van der Waals surface area contributed by atoms with Crippen LogP contribution in [0.5, 0.6) is 0 Å². The molecule has 1 atom stereocenters. The highest BCUT2D eigenvalue weighted by atomic mass is 19.2. The van der Waals surface area contributed by atoms with E-state index in [9.17, 15) is 13.6 Å². The second-order valence-corrected chi connectivity index (χ2v) is 4.60. The van der Waals surface area contributed by atoms with Crippen LogP contribution in [0.25, 0.3) is 0 Å². The van der Waals surface area contributed by atoms with Gasteiger partial charge in [0.15, 0.2) is 11.6 Å². The van der Waals surface area contributed by atoms with Crippen LogP contribution >= 0.6 is 0 Å². The second kappa shape index (κ2) is 5.29. The van der Waals surface area contributed by atoms with Crippen molar-refractivity contribution in [2.45, 2.75) is 12.8 Å². The summed E-state index contributed by atoms with van der Waals surface area (Å²) in [6.45, 7) is 4.82. The molecule has 1 aromatic carbocycles. The zero-order valence-corrected chi connectivity index (χ0v) is 10.0. The lowest BCUT2D eigenvalue weighted by Crippen LogP contribution is -2.26. The molecule has 0 bridgehead atoms. The third-order valence-electron chi connectivity index (χ3n) is 3.28. The molecular weight excluding hydrogens is 236 g/mol. The van der Waals surface area contributed by atoms with Crippen LogP contribution in [0.1, 0.15) is 12.0 Å². The summed E-state index contributed by atoms with van der Waals surface area (Å²) >= 11 is 0. The van der Waals surface area contributed by atoms with Crippen molar-refractivity contribution in [3.63, 3.8) is 0 Å². The standard InChI is InChI=1S/C14H15F2NO/c1-2-14(18)17-6-5-11(9-17)7-10-3-4-12(15)13(16)8-10/h2-4,8,11H,1,5-7,9H2. The van der Waals surface area contributed by atoms with Gasteiger partial charge >= 0.3 is 0 Å². The van der Waals surface area contributed by atoms with E-state index in [2.05, 4.69) is 6.58 Å². The predicted molar refractivity (Wildman–Crippen MR) is 64.9 cm³/mol. The van der Waals surface area contributed by atoms with Gasteiger partial charge in [-0.3, -0.25) is 4.79 Å². The van der Waals surface area contributed by atoms with E-state index in [4.69, 9.17) is 0 Å². The minimum Gasteiger partial charge on any atom is -0.339 e. The molecular formula is C14H15F2NO. The summed E-state index contributed by atoms with van der Waals surface area (Å²) in [5.74, 6) is -1.40. The van der Waals surface area contributed by atoms with Gasteiger partial charge in [-0.1, -0.05) is 12.6 Å². The molecule has 0 N–H and O–H groups in total. The van der Waals surface area contributed by atoms with Gasteiger partial charge in [0.05, 0.1) is 0 Å². The fourth-order valence-electron chi connectivity index (χ4n) is 2.33. The smallest absolute Gasteiger partial charge is 0.245 e. The third kappa shape index (κ3) is 2.75. The maximum atomic E-state index is 13.1. The number of benzene rings is 1. The Hall–Kier alpha value is -1.71. The molecule has 1 aromatic rings. The summed E-state index contributed by atoms with van der Waals surface area (Å²) in [4.78, 5) is 13.1. The highest BCUT2D eigenvalue weighted by molar-refractivity contribution is 5.87. The minimum absolute atomic E-state index is 0.0669. The Morgan fingerprint density at radius 2 is 2.22 bits per heavy atom. The fourth-order valence-corrected chi connectivity index (χ4v) is 2.33. The predicted octanol–water partition coefficient (Wildman–Crippen LogP) is 2.54. The topological polar surface area (TPSA) is 20.3 Å². The Morgan fingerprint density at radius 1 is 1.44 bits per heavy atom. The normalized spacial score (nSPS) is 19.0. The van der Waals surface area contributed by atoms with E-state index in [1.54, 1.807) is 11.0 Å². The van der Waals surface area contributed by atoms with E-state index in [0.29, 0.717) is 25.4 Å². The molecule has 0 radical (unpaired) electrons. The molecule has 1 fully saturated rings. The van der Waals surface area contributed by atoms with Crippen molar-refractivity contribution in [1.82, 2.24) is 4.90 Å². The Kier molecular flexibility index (Phi) is 3.75. The van der Waals surface area contributed by atoms with Gasteiger partial charge < -0.3 is 4.90 Å². The Morgan fingerprint density at radius 3 is 2.89 bits per heavy atom. The van der Waals surface area contributed by atoms with Crippen LogP contribution in [0.3, 0.4) is 0 Å². The maximum Gasteiger partial charge on any atom is 0.245 e. The molecule has 1 heterocycles. The SMILES string of the molecule is C=CC(=O)N1CCC(Cc2ccc(F)c(F)c2)C1. The molecule has 1 aliphatic rings. The highest BCUT2D eigenvalue weighted by Gasteiger charge is 2.25. The molecule has 96 valence electrons. The van der Waals surface area contributed by atoms with Crippen molar-refractivity contribution in [2.24, 2.45) is 5.92 Å². The number of halogens is 2. The largest absolute Gasteiger partial charge is 0.339 e. The van der Waals surface area contributed by atoms with Gasteiger partial charge in [-0.05, 0) is 42.5 Å². The average Bonchev–Trinajstić information content (AvgIpc) is 2.81. The zero-order valence-electron chi connectivity index (χ0n) is 10.0. The molecule has 1 amide bonds. The van der Waals surface area contributed by atoms with Crippen LogP contribution in [-0.2, 0) is 11.2 Å². The first-order chi connectivity index (χ1) is 8.60. The average molecular weight is 251 g/mol. The van der Waals surface area contributed by atoms with Crippen LogP contribution < -0.4 is 0 Å². The maximum absolute atomic E-state index is 13.1. The summed E-state index contributed by atoms with van der Waals surface area (Å²) in [5.41, 5.74) is 0.770. The number of carbonyl (C=O) groups excluding carboxylic acids is 1. The molecule has 18 heavy (non-hydrogen) atoms. The Labute approximate surface area is 105 Å². The number of hydrogen-bond donors (Lipinski definition) is 0. The quantitative estimate of drug-likeness (QED) is 0.756. The molecule has 0 aliphatic carbocycles. The van der Waals surface area contributed by atoms with Crippen molar-refractivity contribution in [2.75, 3.05) is 13.1 Å². The molecule has 1 saturated heterocycles. The number of carbonyl (C=O) groups is 1. The highest BCUT2D eigenvalue weighted by Crippen LogP contribution is 2.22. The van der Waals surface area contributed by atoms with Gasteiger partial charge in [-0.15, -0.1) is 0 Å². The van der Waals surface area contributed by atoms with Gasteiger partial charge in [-0.25, -0.2) is 8.78 Å². The van der Waals surface area contributed by atoms with Gasteiger partial charge in [0, 0.05) is 13.1 Å². The monoisotopic (exact) mass is 251 g/mol. The first kappa shape index (κ1) is 12.7. The van der Waals surface area contributed by atoms with E-state index in [1.165, 1.54) is 12.1 Å². The van der Waals surface area contributed by atoms with E-state index < -0.39 is 11.6 Å². The van der Waals surface area contributed by atoms with Crippen molar-refractivity contribution in [1.29, 1.82) is 0 Å². The summed E-state index contributed by atoms with van der Waals surface area (Å²) < 4.78 is 25.8. The molecule has 2 nitrogen and oxygen atoms in total. The molecule has 2 rings (SSSR count). The van der Waals surface area contributed by atoms with Crippen LogP contribution in [0.15, 0.2) is 30.9 Å². The summed E-state index contributed by atoms with van der Waals surface area (Å²) in [6, 6.07) is 3.97.